The molecule has 0 heterocycles. The first kappa shape index (κ1) is 13.3. The highest BCUT2D eigenvalue weighted by atomic mass is 35.5. The number of benzene rings is 1. The fourth-order valence-corrected chi connectivity index (χ4v) is 3.21. The fraction of sp³-hybridized carbons (Fsp3) is 0.625. The van der Waals surface area contributed by atoms with E-state index in [9.17, 15) is 0 Å². The third kappa shape index (κ3) is 2.90. The highest BCUT2D eigenvalue weighted by Crippen LogP contribution is 2.42. The van der Waals surface area contributed by atoms with Crippen LogP contribution >= 0.6 is 11.6 Å². The van der Waals surface area contributed by atoms with Gasteiger partial charge in [-0.2, -0.15) is 0 Å². The molecule has 0 spiro atoms. The summed E-state index contributed by atoms with van der Waals surface area (Å²) in [7, 11) is 0. The van der Waals surface area contributed by atoms with Crippen LogP contribution in [0.2, 0.25) is 5.02 Å². The zero-order chi connectivity index (χ0) is 13.3. The van der Waals surface area contributed by atoms with Crippen LogP contribution < -0.4 is 10.5 Å². The van der Waals surface area contributed by atoms with Gasteiger partial charge in [-0.3, -0.25) is 0 Å². The van der Waals surface area contributed by atoms with Crippen LogP contribution in [-0.4, -0.2) is 6.61 Å². The predicted octanol–water partition coefficient (Wildman–Crippen LogP) is 4.25. The third-order valence-electron chi connectivity index (χ3n) is 4.41. The maximum Gasteiger partial charge on any atom is 0.142 e. The molecule has 104 valence electrons. The van der Waals surface area contributed by atoms with E-state index in [1.165, 1.54) is 32.1 Å². The molecule has 0 radical (unpaired) electrons. The van der Waals surface area contributed by atoms with E-state index in [-0.39, 0.29) is 5.54 Å². The monoisotopic (exact) mass is 279 g/mol. The van der Waals surface area contributed by atoms with Crippen molar-refractivity contribution < 1.29 is 4.74 Å². The average molecular weight is 280 g/mol. The van der Waals surface area contributed by atoms with Crippen molar-refractivity contribution in [1.82, 2.24) is 0 Å². The Morgan fingerprint density at radius 3 is 2.63 bits per heavy atom. The Kier molecular flexibility index (Phi) is 3.72. The SMILES string of the molecule is NC1(c2cccc(Cl)c2OCC2CC2)CCCCC1. The molecule has 2 N–H and O–H groups in total. The summed E-state index contributed by atoms with van der Waals surface area (Å²) in [6, 6.07) is 5.99. The van der Waals surface area contributed by atoms with Crippen LogP contribution in [0.15, 0.2) is 18.2 Å². The second kappa shape index (κ2) is 5.34. The molecule has 3 heteroatoms. The van der Waals surface area contributed by atoms with Crippen LogP contribution in [0.5, 0.6) is 5.75 Å². The zero-order valence-electron chi connectivity index (χ0n) is 11.3. The predicted molar refractivity (Wildman–Crippen MR) is 78.6 cm³/mol. The first-order valence-corrected chi connectivity index (χ1v) is 7.77. The second-order valence-corrected chi connectivity index (χ2v) is 6.49. The number of para-hydroxylation sites is 1. The number of halogens is 1. The molecule has 0 bridgehead atoms. The second-order valence-electron chi connectivity index (χ2n) is 6.09. The van der Waals surface area contributed by atoms with Gasteiger partial charge in [0, 0.05) is 11.1 Å². The Labute approximate surface area is 120 Å². The maximum atomic E-state index is 6.63. The van der Waals surface area contributed by atoms with Crippen LogP contribution in [0.1, 0.15) is 50.5 Å². The Morgan fingerprint density at radius 2 is 1.95 bits per heavy atom. The molecule has 0 amide bonds. The van der Waals surface area contributed by atoms with Crippen LogP contribution in [-0.2, 0) is 5.54 Å². The van der Waals surface area contributed by atoms with Gasteiger partial charge in [-0.1, -0.05) is 43.0 Å². The zero-order valence-corrected chi connectivity index (χ0v) is 12.1. The minimum Gasteiger partial charge on any atom is -0.491 e. The van der Waals surface area contributed by atoms with E-state index in [4.69, 9.17) is 22.1 Å². The quantitative estimate of drug-likeness (QED) is 0.894. The molecule has 2 saturated carbocycles. The van der Waals surface area contributed by atoms with Crippen molar-refractivity contribution in [3.63, 3.8) is 0 Å². The van der Waals surface area contributed by atoms with Crippen molar-refractivity contribution in [1.29, 1.82) is 0 Å². The van der Waals surface area contributed by atoms with Gasteiger partial charge in [0.15, 0.2) is 0 Å². The molecule has 0 atom stereocenters. The van der Waals surface area contributed by atoms with E-state index in [2.05, 4.69) is 6.07 Å². The Hall–Kier alpha value is -0.730. The van der Waals surface area contributed by atoms with Gasteiger partial charge in [-0.25, -0.2) is 0 Å². The van der Waals surface area contributed by atoms with E-state index < -0.39 is 0 Å². The number of rotatable bonds is 4. The molecule has 1 aromatic rings. The van der Waals surface area contributed by atoms with Crippen molar-refractivity contribution in [2.24, 2.45) is 11.7 Å². The standard InChI is InChI=1S/C16H22ClNO/c17-14-6-4-5-13(15(14)19-11-12-7-8-12)16(18)9-2-1-3-10-16/h4-6,12H,1-3,7-11,18H2. The van der Waals surface area contributed by atoms with Crippen LogP contribution in [0.3, 0.4) is 0 Å². The Bertz CT molecular complexity index is 450. The molecule has 0 aromatic heterocycles. The normalized spacial score (nSPS) is 22.2. The van der Waals surface area contributed by atoms with Gasteiger partial charge in [0.05, 0.1) is 11.6 Å². The van der Waals surface area contributed by atoms with E-state index in [1.807, 2.05) is 12.1 Å². The fourth-order valence-electron chi connectivity index (χ4n) is 2.99. The van der Waals surface area contributed by atoms with Crippen molar-refractivity contribution in [2.75, 3.05) is 6.61 Å². The van der Waals surface area contributed by atoms with Gasteiger partial charge in [0.25, 0.3) is 0 Å². The van der Waals surface area contributed by atoms with E-state index in [0.717, 1.165) is 36.7 Å². The van der Waals surface area contributed by atoms with Crippen LogP contribution in [0.4, 0.5) is 0 Å². The molecule has 3 rings (SSSR count). The van der Waals surface area contributed by atoms with Crippen molar-refractivity contribution in [3.05, 3.63) is 28.8 Å². The lowest BCUT2D eigenvalue weighted by molar-refractivity contribution is 0.263. The molecule has 19 heavy (non-hydrogen) atoms. The first-order valence-electron chi connectivity index (χ1n) is 7.40. The average Bonchev–Trinajstić information content (AvgIpc) is 3.22. The molecule has 1 aromatic carbocycles. The minimum atomic E-state index is -0.248. The summed E-state index contributed by atoms with van der Waals surface area (Å²) in [6.07, 6.45) is 8.33. The number of hydrogen-bond acceptors (Lipinski definition) is 2. The summed E-state index contributed by atoms with van der Waals surface area (Å²) >= 11 is 6.33. The lowest BCUT2D eigenvalue weighted by Gasteiger charge is -2.35. The van der Waals surface area contributed by atoms with Gasteiger partial charge in [-0.05, 0) is 37.7 Å². The molecule has 2 nitrogen and oxygen atoms in total. The molecule has 2 aliphatic carbocycles. The van der Waals surface area contributed by atoms with Crippen molar-refractivity contribution in [3.8, 4) is 5.75 Å². The molecule has 0 saturated heterocycles. The topological polar surface area (TPSA) is 35.2 Å². The lowest BCUT2D eigenvalue weighted by Crippen LogP contribution is -2.39. The van der Waals surface area contributed by atoms with E-state index in [0.29, 0.717) is 5.02 Å². The highest BCUT2D eigenvalue weighted by Gasteiger charge is 2.33. The smallest absolute Gasteiger partial charge is 0.142 e. The van der Waals surface area contributed by atoms with Gasteiger partial charge in [0.1, 0.15) is 5.75 Å². The van der Waals surface area contributed by atoms with Gasteiger partial charge >= 0.3 is 0 Å². The minimum absolute atomic E-state index is 0.248. The Balaban J connectivity index is 1.87. The summed E-state index contributed by atoms with van der Waals surface area (Å²) in [5, 5.41) is 0.702. The first-order chi connectivity index (χ1) is 9.19. The van der Waals surface area contributed by atoms with E-state index >= 15 is 0 Å². The van der Waals surface area contributed by atoms with Crippen molar-refractivity contribution in [2.45, 2.75) is 50.5 Å². The molecule has 0 aliphatic heterocycles. The molecular formula is C16H22ClNO. The van der Waals surface area contributed by atoms with Crippen LogP contribution in [0.25, 0.3) is 0 Å². The summed E-state index contributed by atoms with van der Waals surface area (Å²) in [6.45, 7) is 0.785. The lowest BCUT2D eigenvalue weighted by atomic mass is 9.77. The largest absolute Gasteiger partial charge is 0.491 e. The third-order valence-corrected chi connectivity index (χ3v) is 4.71. The summed E-state index contributed by atoms with van der Waals surface area (Å²) in [5.74, 6) is 1.56. The van der Waals surface area contributed by atoms with Crippen LogP contribution in [0, 0.1) is 5.92 Å². The maximum absolute atomic E-state index is 6.63. The van der Waals surface area contributed by atoms with Gasteiger partial charge < -0.3 is 10.5 Å². The Morgan fingerprint density at radius 1 is 1.21 bits per heavy atom. The number of ether oxygens (including phenoxy) is 1. The molecule has 2 aliphatic rings. The molecular weight excluding hydrogens is 258 g/mol. The van der Waals surface area contributed by atoms with E-state index in [1.54, 1.807) is 0 Å². The summed E-state index contributed by atoms with van der Waals surface area (Å²) < 4.78 is 6.00. The number of hydrogen-bond donors (Lipinski definition) is 1. The molecule has 0 unspecified atom stereocenters. The van der Waals surface area contributed by atoms with Gasteiger partial charge in [-0.15, -0.1) is 0 Å². The van der Waals surface area contributed by atoms with Crippen molar-refractivity contribution >= 4 is 11.6 Å². The summed E-state index contributed by atoms with van der Waals surface area (Å²) in [4.78, 5) is 0. The molecule has 2 fully saturated rings. The number of nitrogens with two attached hydrogens (primary N) is 1. The van der Waals surface area contributed by atoms with Gasteiger partial charge in [0.2, 0.25) is 0 Å². The summed E-state index contributed by atoms with van der Waals surface area (Å²) in [5.41, 5.74) is 7.50. The highest BCUT2D eigenvalue weighted by molar-refractivity contribution is 6.32.